The van der Waals surface area contributed by atoms with E-state index in [2.05, 4.69) is 11.4 Å². The molecule has 1 aliphatic heterocycles. The number of nitrogens with one attached hydrogen (secondary N) is 1. The van der Waals surface area contributed by atoms with Crippen molar-refractivity contribution in [3.63, 3.8) is 0 Å². The highest BCUT2D eigenvalue weighted by atomic mass is 32.1. The van der Waals surface area contributed by atoms with Gasteiger partial charge in [0.2, 0.25) is 11.5 Å². The molecular weight excluding hydrogens is 643 g/mol. The summed E-state index contributed by atoms with van der Waals surface area (Å²) in [6.07, 6.45) is 1.57. The Morgan fingerprint density at radius 2 is 1.46 bits per heavy atom. The summed E-state index contributed by atoms with van der Waals surface area (Å²) in [6, 6.07) is 14.2. The number of aromatic nitrogens is 1. The predicted molar refractivity (Wildman–Crippen MR) is 178 cm³/mol. The molecule has 0 saturated heterocycles. The van der Waals surface area contributed by atoms with Gasteiger partial charge in [-0.1, -0.05) is 12.1 Å². The molecule has 5 rings (SSSR count). The van der Waals surface area contributed by atoms with Crippen LogP contribution in [-0.2, 0) is 4.79 Å². The van der Waals surface area contributed by atoms with Crippen molar-refractivity contribution in [1.29, 1.82) is 5.26 Å². The molecule has 12 nitrogen and oxygen atoms in total. The summed E-state index contributed by atoms with van der Waals surface area (Å²) in [5, 5.41) is 13.1. The third-order valence-electron chi connectivity index (χ3n) is 7.64. The number of carbonyl (C=O) groups is 1. The number of nitriles is 1. The van der Waals surface area contributed by atoms with Crippen molar-refractivity contribution in [3.05, 3.63) is 90.6 Å². The van der Waals surface area contributed by atoms with Gasteiger partial charge in [0.1, 0.15) is 16.3 Å². The fourth-order valence-corrected chi connectivity index (χ4v) is 6.63. The molecule has 48 heavy (non-hydrogen) atoms. The van der Waals surface area contributed by atoms with E-state index in [9.17, 15) is 19.2 Å². The minimum atomic E-state index is -1.14. The number of rotatable bonds is 10. The van der Waals surface area contributed by atoms with E-state index in [0.717, 1.165) is 15.9 Å². The van der Waals surface area contributed by atoms with Crippen LogP contribution in [0.4, 0.5) is 10.1 Å². The summed E-state index contributed by atoms with van der Waals surface area (Å²) in [7, 11) is 8.69. The van der Waals surface area contributed by atoms with Crippen LogP contribution >= 0.6 is 11.3 Å². The van der Waals surface area contributed by atoms with Crippen LogP contribution in [0.1, 0.15) is 17.0 Å². The molecule has 0 radical (unpaired) electrons. The molecule has 3 aromatic carbocycles. The molecular formula is C34H31FN4O8S. The number of nitrogens with zero attached hydrogens (tertiary/aromatic N) is 2. The molecule has 0 fully saturated rings. The van der Waals surface area contributed by atoms with Crippen LogP contribution in [0.2, 0.25) is 0 Å². The second-order valence-corrected chi connectivity index (χ2v) is 11.2. The Kier molecular flexibility index (Phi) is 9.62. The molecule has 0 bridgehead atoms. The fourth-order valence-electron chi connectivity index (χ4n) is 5.46. The first kappa shape index (κ1) is 33.4. The van der Waals surface area contributed by atoms with Crippen LogP contribution < -0.4 is 54.2 Å². The van der Waals surface area contributed by atoms with Gasteiger partial charge in [-0.15, -0.1) is 11.3 Å². The molecule has 1 unspecified atom stereocenters. The molecule has 0 spiro atoms. The minimum absolute atomic E-state index is 0.0371. The Morgan fingerprint density at radius 1 is 0.917 bits per heavy atom. The highest BCUT2D eigenvalue weighted by Crippen LogP contribution is 2.45. The Labute approximate surface area is 278 Å². The summed E-state index contributed by atoms with van der Waals surface area (Å²) in [6.45, 7) is 0. The maximum Gasteiger partial charge on any atom is 0.274 e. The van der Waals surface area contributed by atoms with E-state index in [-0.39, 0.29) is 49.1 Å². The van der Waals surface area contributed by atoms with Crippen molar-refractivity contribution >= 4 is 40.4 Å². The first-order valence-electron chi connectivity index (χ1n) is 14.2. The van der Waals surface area contributed by atoms with Gasteiger partial charge in [0.15, 0.2) is 23.0 Å². The number of benzene rings is 3. The Morgan fingerprint density at radius 3 is 1.96 bits per heavy atom. The number of methoxy groups -OCH3 is 6. The standard InChI is InChI=1S/C34H31FN4O8S/c1-42-22-11-17(12-23(43-2)29(22)46-5)13-26-33(41)39-31(37)19(16-36)27(18-14-24(44-3)30(47-6)25(15-18)45-4)28(34(39)48-26)32(40)38-21-10-8-7-9-20(21)35/h7-15,27H,37H2,1-6H3,(H,38,40)/b26-13-. The SMILES string of the molecule is COc1cc(/C=c2\sc3n(c2=O)C(N)=C(C#N)C(c2cc(OC)c(OC)c(OC)c2)C=3C(=O)Nc2ccccc2F)cc(OC)c1OC. The van der Waals surface area contributed by atoms with E-state index in [1.807, 2.05) is 0 Å². The molecule has 0 aliphatic carbocycles. The predicted octanol–water partition coefficient (Wildman–Crippen LogP) is 3.17. The van der Waals surface area contributed by atoms with Crippen molar-refractivity contribution in [3.8, 4) is 40.6 Å². The van der Waals surface area contributed by atoms with Gasteiger partial charge in [-0.05, 0) is 53.6 Å². The van der Waals surface area contributed by atoms with Crippen LogP contribution in [0.3, 0.4) is 0 Å². The molecule has 2 heterocycles. The maximum atomic E-state index is 14.8. The van der Waals surface area contributed by atoms with Crippen molar-refractivity contribution in [2.45, 2.75) is 5.92 Å². The molecule has 14 heteroatoms. The van der Waals surface area contributed by atoms with E-state index in [4.69, 9.17) is 34.2 Å². The summed E-state index contributed by atoms with van der Waals surface area (Å²) in [5.74, 6) is -0.910. The highest BCUT2D eigenvalue weighted by Gasteiger charge is 2.37. The zero-order valence-electron chi connectivity index (χ0n) is 26.8. The lowest BCUT2D eigenvalue weighted by molar-refractivity contribution is -0.111. The number of carbonyl (C=O) groups excluding carboxylic acids is 1. The lowest BCUT2D eigenvalue weighted by Crippen LogP contribution is -2.40. The number of thiazole rings is 1. The second-order valence-electron chi connectivity index (χ2n) is 10.2. The minimum Gasteiger partial charge on any atom is -0.493 e. The molecule has 0 saturated carbocycles. The van der Waals surface area contributed by atoms with E-state index in [1.165, 1.54) is 60.9 Å². The number of fused-ring (bicyclic) bond motifs is 1. The van der Waals surface area contributed by atoms with Gasteiger partial charge in [0.25, 0.3) is 11.5 Å². The molecule has 1 aliphatic rings. The van der Waals surface area contributed by atoms with E-state index in [1.54, 1.807) is 36.4 Å². The van der Waals surface area contributed by atoms with Gasteiger partial charge < -0.3 is 39.5 Å². The Balaban J connectivity index is 1.86. The number of allylic oxidation sites excluding steroid dienone is 1. The fraction of sp³-hybridized carbons (Fsp3) is 0.206. The number of hydrogen-bond donors (Lipinski definition) is 2. The number of halogens is 1. The molecule has 248 valence electrons. The van der Waals surface area contributed by atoms with E-state index >= 15 is 0 Å². The first-order valence-corrected chi connectivity index (χ1v) is 15.0. The summed E-state index contributed by atoms with van der Waals surface area (Å²) < 4.78 is 49.1. The highest BCUT2D eigenvalue weighted by molar-refractivity contribution is 7.07. The average Bonchev–Trinajstić information content (AvgIpc) is 3.42. The summed E-state index contributed by atoms with van der Waals surface area (Å²) in [5.41, 5.74) is 6.62. The number of amides is 1. The zero-order chi connectivity index (χ0) is 34.7. The van der Waals surface area contributed by atoms with Crippen LogP contribution in [-0.4, -0.2) is 53.1 Å². The Bertz CT molecular complexity index is 2130. The molecule has 1 aromatic heterocycles. The number of anilines is 1. The maximum absolute atomic E-state index is 14.8. The van der Waals surface area contributed by atoms with Crippen LogP contribution in [0.25, 0.3) is 17.5 Å². The van der Waals surface area contributed by atoms with Gasteiger partial charge >= 0.3 is 0 Å². The van der Waals surface area contributed by atoms with Gasteiger partial charge in [0, 0.05) is 0 Å². The number of hydrogen-bond acceptors (Lipinski definition) is 11. The Hall–Kier alpha value is -5.94. The first-order chi connectivity index (χ1) is 23.1. The van der Waals surface area contributed by atoms with Crippen LogP contribution in [0.5, 0.6) is 34.5 Å². The quantitative estimate of drug-likeness (QED) is 0.256. The molecule has 1 amide bonds. The zero-order valence-corrected chi connectivity index (χ0v) is 27.6. The van der Waals surface area contributed by atoms with Gasteiger partial charge in [-0.3, -0.25) is 14.2 Å². The molecule has 3 N–H and O–H groups in total. The lowest BCUT2D eigenvalue weighted by atomic mass is 9.83. The van der Waals surface area contributed by atoms with Crippen molar-refractivity contribution in [1.82, 2.24) is 4.57 Å². The summed E-state index contributed by atoms with van der Waals surface area (Å²) in [4.78, 5) is 28.2. The van der Waals surface area contributed by atoms with Gasteiger partial charge in [-0.2, -0.15) is 5.26 Å². The van der Waals surface area contributed by atoms with Crippen molar-refractivity contribution < 1.29 is 37.6 Å². The molecule has 1 atom stereocenters. The van der Waals surface area contributed by atoms with Gasteiger partial charge in [0.05, 0.1) is 76.0 Å². The third-order valence-corrected chi connectivity index (χ3v) is 8.75. The van der Waals surface area contributed by atoms with Crippen LogP contribution in [0.15, 0.2) is 58.9 Å². The van der Waals surface area contributed by atoms with E-state index in [0.29, 0.717) is 28.4 Å². The summed E-state index contributed by atoms with van der Waals surface area (Å²) >= 11 is 0.967. The molecule has 4 aromatic rings. The number of para-hydroxylation sites is 1. The smallest absolute Gasteiger partial charge is 0.274 e. The number of nitrogens with two attached hydrogens (primary N) is 1. The second kappa shape index (κ2) is 13.8. The number of ether oxygens (including phenoxy) is 6. The average molecular weight is 675 g/mol. The van der Waals surface area contributed by atoms with E-state index < -0.39 is 23.2 Å². The lowest BCUT2D eigenvalue weighted by Gasteiger charge is -2.26. The van der Waals surface area contributed by atoms with Gasteiger partial charge in [-0.25, -0.2) is 4.39 Å². The monoisotopic (exact) mass is 674 g/mol. The van der Waals surface area contributed by atoms with Crippen molar-refractivity contribution in [2.75, 3.05) is 48.0 Å². The topological polar surface area (TPSA) is 156 Å². The normalized spacial score (nSPS) is 14.2. The largest absolute Gasteiger partial charge is 0.493 e. The third kappa shape index (κ3) is 5.75. The van der Waals surface area contributed by atoms with Crippen LogP contribution in [0, 0.1) is 17.1 Å². The van der Waals surface area contributed by atoms with Crippen molar-refractivity contribution in [2.24, 2.45) is 5.73 Å².